The fourth-order valence-corrected chi connectivity index (χ4v) is 2.07. The second kappa shape index (κ2) is 9.17. The topological polar surface area (TPSA) is 67.6 Å². The Kier molecular flexibility index (Phi) is 7.57. The van der Waals surface area contributed by atoms with Crippen LogP contribution in [0.3, 0.4) is 0 Å². The zero-order chi connectivity index (χ0) is 15.9. The first-order valence-electron chi connectivity index (χ1n) is 7.19. The summed E-state index contributed by atoms with van der Waals surface area (Å²) in [6.07, 6.45) is 0.862. The number of hydrogen-bond acceptors (Lipinski definition) is 4. The number of nitrogens with zero attached hydrogens (tertiary/aromatic N) is 3. The van der Waals surface area contributed by atoms with Gasteiger partial charge >= 0.3 is 5.97 Å². The van der Waals surface area contributed by atoms with E-state index in [0.717, 1.165) is 18.5 Å². The first-order chi connectivity index (χ1) is 10.6. The van der Waals surface area contributed by atoms with Crippen molar-refractivity contribution in [2.75, 3.05) is 27.2 Å². The van der Waals surface area contributed by atoms with Gasteiger partial charge in [0.15, 0.2) is 5.69 Å². The lowest BCUT2D eigenvalue weighted by atomic mass is 10.2. The summed E-state index contributed by atoms with van der Waals surface area (Å²) >= 11 is 0. The van der Waals surface area contributed by atoms with Gasteiger partial charge in [-0.05, 0) is 26.1 Å². The monoisotopic (exact) mass is 339 g/mol. The first kappa shape index (κ1) is 19.0. The Hall–Kier alpha value is -2.05. The van der Waals surface area contributed by atoms with Gasteiger partial charge in [0.1, 0.15) is 0 Å². The Bertz CT molecular complexity index is 614. The molecule has 0 aliphatic heterocycles. The Morgan fingerprint density at radius 2 is 2.00 bits per heavy atom. The average molecular weight is 340 g/mol. The molecule has 0 spiro atoms. The van der Waals surface area contributed by atoms with Crippen molar-refractivity contribution in [3.05, 3.63) is 47.7 Å². The van der Waals surface area contributed by atoms with Gasteiger partial charge in [-0.25, -0.2) is 9.48 Å². The first-order valence-corrected chi connectivity index (χ1v) is 7.19. The van der Waals surface area contributed by atoms with E-state index in [1.165, 1.54) is 10.7 Å². The summed E-state index contributed by atoms with van der Waals surface area (Å²) in [6.45, 7) is 1.83. The minimum Gasteiger partial charge on any atom is -0.477 e. The van der Waals surface area contributed by atoms with Crippen LogP contribution in [0.15, 0.2) is 36.4 Å². The van der Waals surface area contributed by atoms with Gasteiger partial charge in [-0.2, -0.15) is 0 Å². The molecule has 1 heterocycles. The molecule has 0 aliphatic carbocycles. The van der Waals surface area contributed by atoms with Crippen molar-refractivity contribution in [2.24, 2.45) is 0 Å². The molecule has 0 atom stereocenters. The van der Waals surface area contributed by atoms with Crippen LogP contribution in [-0.4, -0.2) is 53.0 Å². The molecule has 0 aliphatic rings. The molecule has 1 aromatic carbocycles. The fraction of sp³-hybridized carbons (Fsp3) is 0.375. The standard InChI is InChI=1S/C16H21N3O3.ClH/c1-18(2)9-6-10-22-15-11-14(16(20)21)19(17-15)12-13-7-4-3-5-8-13;/h3-5,7-8,11H,6,9-10,12H2,1-2H3,(H,20,21);1H. The molecule has 2 aromatic rings. The number of benzene rings is 1. The minimum absolute atomic E-state index is 0. The van der Waals surface area contributed by atoms with E-state index in [9.17, 15) is 9.90 Å². The van der Waals surface area contributed by atoms with E-state index in [2.05, 4.69) is 10.00 Å². The lowest BCUT2D eigenvalue weighted by Crippen LogP contribution is -2.15. The van der Waals surface area contributed by atoms with Crippen LogP contribution in [0, 0.1) is 0 Å². The molecule has 0 amide bonds. The van der Waals surface area contributed by atoms with E-state index in [4.69, 9.17) is 4.74 Å². The fourth-order valence-electron chi connectivity index (χ4n) is 2.07. The van der Waals surface area contributed by atoms with Gasteiger partial charge in [0.2, 0.25) is 5.88 Å². The highest BCUT2D eigenvalue weighted by atomic mass is 35.5. The third-order valence-corrected chi connectivity index (χ3v) is 3.15. The Morgan fingerprint density at radius 1 is 1.30 bits per heavy atom. The van der Waals surface area contributed by atoms with Crippen molar-refractivity contribution in [2.45, 2.75) is 13.0 Å². The summed E-state index contributed by atoms with van der Waals surface area (Å²) in [7, 11) is 3.99. The number of halogens is 1. The number of hydrogen-bond donors (Lipinski definition) is 1. The van der Waals surface area contributed by atoms with E-state index in [1.54, 1.807) is 0 Å². The number of carboxylic acid groups (broad SMARTS) is 1. The zero-order valence-corrected chi connectivity index (χ0v) is 14.1. The molecule has 0 saturated carbocycles. The van der Waals surface area contributed by atoms with Crippen molar-refractivity contribution >= 4 is 18.4 Å². The third-order valence-electron chi connectivity index (χ3n) is 3.15. The van der Waals surface area contributed by atoms with Crippen LogP contribution in [-0.2, 0) is 6.54 Å². The molecule has 0 fully saturated rings. The van der Waals surface area contributed by atoms with E-state index in [-0.39, 0.29) is 18.1 Å². The number of rotatable bonds is 8. The molecule has 6 nitrogen and oxygen atoms in total. The highest BCUT2D eigenvalue weighted by molar-refractivity contribution is 5.86. The third kappa shape index (κ3) is 5.92. The predicted molar refractivity (Wildman–Crippen MR) is 90.6 cm³/mol. The van der Waals surface area contributed by atoms with Gasteiger partial charge < -0.3 is 14.7 Å². The van der Waals surface area contributed by atoms with Crippen LogP contribution in [0.2, 0.25) is 0 Å². The molecule has 0 unspecified atom stereocenters. The number of aromatic nitrogens is 2. The number of carbonyl (C=O) groups is 1. The molecule has 2 rings (SSSR count). The summed E-state index contributed by atoms with van der Waals surface area (Å²) in [5.74, 6) is -0.654. The normalized spacial score (nSPS) is 10.4. The van der Waals surface area contributed by atoms with E-state index in [1.807, 2.05) is 44.4 Å². The lowest BCUT2D eigenvalue weighted by molar-refractivity contribution is 0.0684. The molecule has 1 aromatic heterocycles. The highest BCUT2D eigenvalue weighted by Crippen LogP contribution is 2.14. The molecule has 7 heteroatoms. The molecule has 126 valence electrons. The van der Waals surface area contributed by atoms with Crippen molar-refractivity contribution in [3.8, 4) is 5.88 Å². The smallest absolute Gasteiger partial charge is 0.354 e. The van der Waals surface area contributed by atoms with Crippen LogP contribution >= 0.6 is 12.4 Å². The Balaban J connectivity index is 0.00000264. The van der Waals surface area contributed by atoms with Crippen LogP contribution in [0.4, 0.5) is 0 Å². The average Bonchev–Trinajstić information content (AvgIpc) is 2.88. The van der Waals surface area contributed by atoms with Crippen molar-refractivity contribution < 1.29 is 14.6 Å². The second-order valence-electron chi connectivity index (χ2n) is 5.32. The summed E-state index contributed by atoms with van der Waals surface area (Å²) < 4.78 is 7.00. The second-order valence-corrected chi connectivity index (χ2v) is 5.32. The van der Waals surface area contributed by atoms with Crippen molar-refractivity contribution in [1.82, 2.24) is 14.7 Å². The van der Waals surface area contributed by atoms with Gasteiger partial charge in [-0.3, -0.25) is 0 Å². The molecular weight excluding hydrogens is 318 g/mol. The largest absolute Gasteiger partial charge is 0.477 e. The van der Waals surface area contributed by atoms with Gasteiger partial charge in [0.25, 0.3) is 0 Å². The van der Waals surface area contributed by atoms with E-state index in [0.29, 0.717) is 19.0 Å². The van der Waals surface area contributed by atoms with Gasteiger partial charge in [0.05, 0.1) is 13.2 Å². The molecule has 0 radical (unpaired) electrons. The maximum atomic E-state index is 11.3. The van der Waals surface area contributed by atoms with Crippen LogP contribution in [0.25, 0.3) is 0 Å². The molecule has 23 heavy (non-hydrogen) atoms. The van der Waals surface area contributed by atoms with Crippen LogP contribution in [0.5, 0.6) is 5.88 Å². The highest BCUT2D eigenvalue weighted by Gasteiger charge is 2.15. The zero-order valence-electron chi connectivity index (χ0n) is 13.3. The number of aromatic carboxylic acids is 1. The number of ether oxygens (including phenoxy) is 1. The van der Waals surface area contributed by atoms with Crippen molar-refractivity contribution in [3.63, 3.8) is 0 Å². The Morgan fingerprint density at radius 3 is 2.61 bits per heavy atom. The van der Waals surface area contributed by atoms with E-state index < -0.39 is 5.97 Å². The lowest BCUT2D eigenvalue weighted by Gasteiger charge is -2.08. The van der Waals surface area contributed by atoms with Crippen LogP contribution in [0.1, 0.15) is 22.5 Å². The molecule has 0 saturated heterocycles. The van der Waals surface area contributed by atoms with Gasteiger partial charge in [-0.1, -0.05) is 30.3 Å². The van der Waals surface area contributed by atoms with Gasteiger partial charge in [-0.15, -0.1) is 17.5 Å². The maximum Gasteiger partial charge on any atom is 0.354 e. The van der Waals surface area contributed by atoms with E-state index >= 15 is 0 Å². The summed E-state index contributed by atoms with van der Waals surface area (Å²) in [5, 5.41) is 13.5. The van der Waals surface area contributed by atoms with Crippen molar-refractivity contribution in [1.29, 1.82) is 0 Å². The summed E-state index contributed by atoms with van der Waals surface area (Å²) in [6, 6.07) is 11.1. The maximum absolute atomic E-state index is 11.3. The van der Waals surface area contributed by atoms with Crippen LogP contribution < -0.4 is 4.74 Å². The molecular formula is C16H22ClN3O3. The number of carboxylic acids is 1. The quantitative estimate of drug-likeness (QED) is 0.748. The molecule has 0 bridgehead atoms. The molecule has 1 N–H and O–H groups in total. The summed E-state index contributed by atoms with van der Waals surface area (Å²) in [4.78, 5) is 13.4. The minimum atomic E-state index is -1.01. The van der Waals surface area contributed by atoms with Gasteiger partial charge in [0, 0.05) is 12.6 Å². The predicted octanol–water partition coefficient (Wildman–Crippen LogP) is 2.38. The summed E-state index contributed by atoms with van der Waals surface area (Å²) in [5.41, 5.74) is 1.12. The SMILES string of the molecule is CN(C)CCCOc1cc(C(=O)O)n(Cc2ccccc2)n1.Cl. The Labute approximate surface area is 142 Å².